The number of allylic oxidation sites excluding steroid dienone is 4. The van der Waals surface area contributed by atoms with Gasteiger partial charge in [0.05, 0.1) is 18.7 Å². The summed E-state index contributed by atoms with van der Waals surface area (Å²) < 4.78 is 30.6. The second kappa shape index (κ2) is 11.3. The molecular formula is C30H31ClFNO5. The lowest BCUT2D eigenvalue weighted by Crippen LogP contribution is -2.40. The van der Waals surface area contributed by atoms with Gasteiger partial charge in [-0.1, -0.05) is 23.7 Å². The van der Waals surface area contributed by atoms with Gasteiger partial charge in [0.1, 0.15) is 12.4 Å². The van der Waals surface area contributed by atoms with Crippen LogP contribution in [0.5, 0.6) is 11.5 Å². The molecule has 1 aliphatic heterocycles. The molecule has 0 spiro atoms. The zero-order chi connectivity index (χ0) is 26.8. The van der Waals surface area contributed by atoms with Crippen LogP contribution >= 0.6 is 11.6 Å². The van der Waals surface area contributed by atoms with E-state index in [0.29, 0.717) is 59.2 Å². The predicted molar refractivity (Wildman–Crippen MR) is 142 cm³/mol. The summed E-state index contributed by atoms with van der Waals surface area (Å²) in [7, 11) is 3.17. The van der Waals surface area contributed by atoms with Gasteiger partial charge in [0, 0.05) is 55.0 Å². The third-order valence-electron chi connectivity index (χ3n) is 7.46. The Morgan fingerprint density at radius 3 is 2.26 bits per heavy atom. The van der Waals surface area contributed by atoms with E-state index in [9.17, 15) is 14.0 Å². The van der Waals surface area contributed by atoms with E-state index in [0.717, 1.165) is 42.6 Å². The Morgan fingerprint density at radius 2 is 1.66 bits per heavy atom. The van der Waals surface area contributed by atoms with Crippen LogP contribution in [-0.4, -0.2) is 43.8 Å². The van der Waals surface area contributed by atoms with Crippen LogP contribution in [0, 0.1) is 5.82 Å². The Morgan fingerprint density at radius 1 is 0.974 bits per heavy atom. The molecule has 38 heavy (non-hydrogen) atoms. The maximum absolute atomic E-state index is 13.6. The van der Waals surface area contributed by atoms with Crippen molar-refractivity contribution in [3.63, 3.8) is 0 Å². The molecule has 0 N–H and O–H groups in total. The molecule has 5 rings (SSSR count). The minimum absolute atomic E-state index is 0.0603. The van der Waals surface area contributed by atoms with E-state index < -0.39 is 5.92 Å². The number of methoxy groups -OCH3 is 2. The van der Waals surface area contributed by atoms with Gasteiger partial charge in [-0.25, -0.2) is 4.39 Å². The number of rotatable bonds is 8. The third kappa shape index (κ3) is 4.97. The molecule has 3 aliphatic rings. The van der Waals surface area contributed by atoms with Crippen molar-refractivity contribution in [2.24, 2.45) is 0 Å². The van der Waals surface area contributed by atoms with Crippen LogP contribution < -0.4 is 9.47 Å². The van der Waals surface area contributed by atoms with E-state index in [2.05, 4.69) is 4.90 Å². The summed E-state index contributed by atoms with van der Waals surface area (Å²) in [5, 5.41) is 0.299. The largest absolute Gasteiger partial charge is 0.493 e. The smallest absolute Gasteiger partial charge is 0.180 e. The zero-order valence-electron chi connectivity index (χ0n) is 21.6. The van der Waals surface area contributed by atoms with Gasteiger partial charge in [-0.05, 0) is 61.1 Å². The SMILES string of the molecule is COCCN1C2=C(C(=O)CCC2)C(c2cc(Cl)c(OCc3cccc(F)c3)c(OC)c2)C2=C1CCCC2=O. The van der Waals surface area contributed by atoms with Crippen LogP contribution in [0.25, 0.3) is 0 Å². The molecule has 0 amide bonds. The first-order valence-corrected chi connectivity index (χ1v) is 13.3. The lowest BCUT2D eigenvalue weighted by atomic mass is 9.71. The Labute approximate surface area is 227 Å². The van der Waals surface area contributed by atoms with Crippen LogP contribution in [0.3, 0.4) is 0 Å². The van der Waals surface area contributed by atoms with Gasteiger partial charge >= 0.3 is 0 Å². The van der Waals surface area contributed by atoms with Crippen molar-refractivity contribution in [3.05, 3.63) is 80.9 Å². The number of carbonyl (C=O) groups is 2. The van der Waals surface area contributed by atoms with Crippen molar-refractivity contribution in [2.75, 3.05) is 27.4 Å². The maximum atomic E-state index is 13.6. The number of hydrogen-bond acceptors (Lipinski definition) is 6. The lowest BCUT2D eigenvalue weighted by Gasteiger charge is -2.44. The number of benzene rings is 2. The molecule has 200 valence electrons. The molecule has 2 aromatic rings. The third-order valence-corrected chi connectivity index (χ3v) is 7.74. The molecule has 0 radical (unpaired) electrons. The summed E-state index contributed by atoms with van der Waals surface area (Å²) in [5.41, 5.74) is 4.69. The molecule has 0 saturated heterocycles. The number of Topliss-reactive ketones (excluding diaryl/α,β-unsaturated/α-hetero) is 2. The highest BCUT2D eigenvalue weighted by atomic mass is 35.5. The Hall–Kier alpha value is -3.16. The number of hydrogen-bond donors (Lipinski definition) is 0. The van der Waals surface area contributed by atoms with Gasteiger partial charge in [-0.15, -0.1) is 0 Å². The van der Waals surface area contributed by atoms with E-state index in [1.165, 1.54) is 19.2 Å². The van der Waals surface area contributed by atoms with E-state index in [-0.39, 0.29) is 24.0 Å². The maximum Gasteiger partial charge on any atom is 0.180 e. The summed E-state index contributed by atoms with van der Waals surface area (Å²) in [4.78, 5) is 29.0. The highest BCUT2D eigenvalue weighted by Gasteiger charge is 2.43. The summed E-state index contributed by atoms with van der Waals surface area (Å²) in [6.07, 6.45) is 3.99. The van der Waals surface area contributed by atoms with Crippen molar-refractivity contribution in [3.8, 4) is 11.5 Å². The van der Waals surface area contributed by atoms with Crippen LogP contribution in [0.2, 0.25) is 5.02 Å². The number of nitrogens with zero attached hydrogens (tertiary/aromatic N) is 1. The molecule has 0 saturated carbocycles. The first kappa shape index (κ1) is 26.4. The standard InChI is InChI=1S/C30H31ClFNO5/c1-36-13-12-33-22-8-4-10-24(34)28(22)27(29-23(33)9-5-11-25(29)35)19-15-21(31)30(26(16-19)37-2)38-17-18-6-3-7-20(32)14-18/h3,6-7,14-16,27H,4-5,8-13,17H2,1-2H3. The molecular weight excluding hydrogens is 509 g/mol. The Kier molecular flexibility index (Phi) is 7.86. The van der Waals surface area contributed by atoms with Crippen molar-refractivity contribution in [2.45, 2.75) is 51.0 Å². The molecule has 0 fully saturated rings. The summed E-state index contributed by atoms with van der Waals surface area (Å²) >= 11 is 6.74. The monoisotopic (exact) mass is 539 g/mol. The predicted octanol–water partition coefficient (Wildman–Crippen LogP) is 6.13. The minimum atomic E-state index is -0.511. The molecule has 1 heterocycles. The molecule has 2 aliphatic carbocycles. The van der Waals surface area contributed by atoms with Gasteiger partial charge < -0.3 is 19.1 Å². The average molecular weight is 540 g/mol. The second-order valence-electron chi connectivity index (χ2n) is 9.80. The van der Waals surface area contributed by atoms with Gasteiger partial charge in [-0.2, -0.15) is 0 Å². The highest BCUT2D eigenvalue weighted by Crippen LogP contribution is 2.51. The molecule has 8 heteroatoms. The normalized spacial score (nSPS) is 18.1. The molecule has 0 bridgehead atoms. The first-order chi connectivity index (χ1) is 18.4. The average Bonchev–Trinajstić information content (AvgIpc) is 2.90. The minimum Gasteiger partial charge on any atom is -0.493 e. The number of carbonyl (C=O) groups excluding carboxylic acids is 2. The Balaban J connectivity index is 1.59. The van der Waals surface area contributed by atoms with Crippen LogP contribution in [0.4, 0.5) is 4.39 Å². The fourth-order valence-electron chi connectivity index (χ4n) is 5.83. The van der Waals surface area contributed by atoms with Gasteiger partial charge in [-0.3, -0.25) is 9.59 Å². The number of ketones is 2. The van der Waals surface area contributed by atoms with Crippen LogP contribution in [0.15, 0.2) is 58.9 Å². The summed E-state index contributed by atoms with van der Waals surface area (Å²) in [5.74, 6) is -0.0216. The molecule has 2 aromatic carbocycles. The molecule has 0 unspecified atom stereocenters. The van der Waals surface area contributed by atoms with Crippen molar-refractivity contribution in [1.82, 2.24) is 4.90 Å². The lowest BCUT2D eigenvalue weighted by molar-refractivity contribution is -0.117. The van der Waals surface area contributed by atoms with E-state index in [1.54, 1.807) is 31.4 Å². The van der Waals surface area contributed by atoms with Gasteiger partial charge in [0.25, 0.3) is 0 Å². The quantitative estimate of drug-likeness (QED) is 0.402. The van der Waals surface area contributed by atoms with Crippen molar-refractivity contribution in [1.29, 1.82) is 0 Å². The first-order valence-electron chi connectivity index (χ1n) is 13.0. The summed E-state index contributed by atoms with van der Waals surface area (Å²) in [6.45, 7) is 1.20. The summed E-state index contributed by atoms with van der Waals surface area (Å²) in [6, 6.07) is 9.73. The number of ether oxygens (including phenoxy) is 3. The highest BCUT2D eigenvalue weighted by molar-refractivity contribution is 6.32. The Bertz CT molecular complexity index is 1290. The van der Waals surface area contributed by atoms with E-state index in [4.69, 9.17) is 25.8 Å². The van der Waals surface area contributed by atoms with Crippen molar-refractivity contribution >= 4 is 23.2 Å². The molecule has 6 nitrogen and oxygen atoms in total. The van der Waals surface area contributed by atoms with Crippen LogP contribution in [0.1, 0.15) is 55.6 Å². The topological polar surface area (TPSA) is 65.1 Å². The molecule has 0 atom stereocenters. The fraction of sp³-hybridized carbons (Fsp3) is 0.400. The fourth-order valence-corrected chi connectivity index (χ4v) is 6.10. The van der Waals surface area contributed by atoms with Crippen LogP contribution in [-0.2, 0) is 20.9 Å². The molecule has 0 aromatic heterocycles. The number of halogens is 2. The van der Waals surface area contributed by atoms with E-state index in [1.807, 2.05) is 0 Å². The zero-order valence-corrected chi connectivity index (χ0v) is 22.4. The van der Waals surface area contributed by atoms with E-state index >= 15 is 0 Å². The van der Waals surface area contributed by atoms with Gasteiger partial charge in [0.15, 0.2) is 23.1 Å². The van der Waals surface area contributed by atoms with Gasteiger partial charge in [0.2, 0.25) is 0 Å². The second-order valence-corrected chi connectivity index (χ2v) is 10.2. The van der Waals surface area contributed by atoms with Crippen molar-refractivity contribution < 1.29 is 28.2 Å².